The molecule has 11 heteroatoms. The number of piperazine rings is 1. The second-order valence-corrected chi connectivity index (χ2v) is 8.94. The average Bonchev–Trinajstić information content (AvgIpc) is 3.15. The highest BCUT2D eigenvalue weighted by atomic mass is 32.2. The topological polar surface area (TPSA) is 78.4 Å². The molecule has 156 valence electrons. The predicted octanol–water partition coefficient (Wildman–Crippen LogP) is 2.40. The summed E-state index contributed by atoms with van der Waals surface area (Å²) < 4.78 is 27.6. The number of anilines is 1. The lowest BCUT2D eigenvalue weighted by atomic mass is 10.1. The van der Waals surface area contributed by atoms with Gasteiger partial charge in [-0.1, -0.05) is 23.1 Å². The van der Waals surface area contributed by atoms with E-state index in [2.05, 4.69) is 15.5 Å². The third kappa shape index (κ3) is 5.63. The molecule has 0 saturated carbocycles. The largest absolute Gasteiger partial charge is 0.353 e. The minimum absolute atomic E-state index is 0.0538. The fraction of sp³-hybridized carbons (Fsp3) is 0.444. The summed E-state index contributed by atoms with van der Waals surface area (Å²) in [4.78, 5) is 27.7. The number of thioether (sulfide) groups is 1. The van der Waals surface area contributed by atoms with Crippen LogP contribution >= 0.6 is 23.1 Å². The smallest absolute Gasteiger partial charge is 0.256 e. The number of nitrogens with one attached hydrogen (secondary N) is 1. The number of halogens is 2. The lowest BCUT2D eigenvalue weighted by Gasteiger charge is -2.34. The van der Waals surface area contributed by atoms with Crippen LogP contribution in [0.2, 0.25) is 0 Å². The number of rotatable bonds is 6. The van der Waals surface area contributed by atoms with Crippen molar-refractivity contribution in [2.75, 3.05) is 36.8 Å². The highest BCUT2D eigenvalue weighted by Gasteiger charge is 2.26. The van der Waals surface area contributed by atoms with E-state index in [1.807, 2.05) is 18.7 Å². The molecule has 2 amide bonds. The Balaban J connectivity index is 1.52. The lowest BCUT2D eigenvalue weighted by Crippen LogP contribution is -2.49. The Kier molecular flexibility index (Phi) is 7.01. The third-order valence-corrected chi connectivity index (χ3v) is 6.29. The second-order valence-electron chi connectivity index (χ2n) is 6.76. The summed E-state index contributed by atoms with van der Waals surface area (Å²) in [5.74, 6) is -1.80. The van der Waals surface area contributed by atoms with Crippen LogP contribution in [0.15, 0.2) is 22.5 Å². The molecule has 0 unspecified atom stereocenters. The Hall–Kier alpha value is -2.27. The van der Waals surface area contributed by atoms with Crippen molar-refractivity contribution in [2.24, 2.45) is 0 Å². The van der Waals surface area contributed by atoms with Crippen molar-refractivity contribution in [2.45, 2.75) is 24.2 Å². The zero-order chi connectivity index (χ0) is 21.0. The van der Waals surface area contributed by atoms with E-state index in [1.54, 1.807) is 4.90 Å². The molecule has 7 nitrogen and oxygen atoms in total. The van der Waals surface area contributed by atoms with Gasteiger partial charge in [0.2, 0.25) is 11.0 Å². The zero-order valence-electron chi connectivity index (χ0n) is 16.0. The van der Waals surface area contributed by atoms with Crippen molar-refractivity contribution in [1.29, 1.82) is 0 Å². The van der Waals surface area contributed by atoms with Gasteiger partial charge in [-0.2, -0.15) is 0 Å². The van der Waals surface area contributed by atoms with Crippen molar-refractivity contribution in [3.63, 3.8) is 0 Å². The van der Waals surface area contributed by atoms with Crippen LogP contribution in [-0.4, -0.2) is 64.9 Å². The van der Waals surface area contributed by atoms with Crippen LogP contribution in [0.25, 0.3) is 0 Å². The molecule has 0 atom stereocenters. The fourth-order valence-corrected chi connectivity index (χ4v) is 4.52. The van der Waals surface area contributed by atoms with Gasteiger partial charge in [-0.25, -0.2) is 8.78 Å². The number of nitrogens with zero attached hydrogens (tertiary/aromatic N) is 4. The number of carbonyl (C=O) groups excluding carboxylic acids is 2. The van der Waals surface area contributed by atoms with E-state index < -0.39 is 17.5 Å². The zero-order valence-corrected chi connectivity index (χ0v) is 17.7. The molecule has 29 heavy (non-hydrogen) atoms. The Morgan fingerprint density at radius 1 is 1.21 bits per heavy atom. The number of amides is 2. The molecule has 1 N–H and O–H groups in total. The summed E-state index contributed by atoms with van der Waals surface area (Å²) in [6.07, 6.45) is 0. The van der Waals surface area contributed by atoms with Gasteiger partial charge in [-0.05, 0) is 26.0 Å². The lowest BCUT2D eigenvalue weighted by molar-refractivity contribution is -0.119. The molecule has 3 rings (SSSR count). The van der Waals surface area contributed by atoms with Gasteiger partial charge in [-0.15, -0.1) is 10.2 Å². The molecular weight excluding hydrogens is 420 g/mol. The van der Waals surface area contributed by atoms with Crippen molar-refractivity contribution < 1.29 is 18.4 Å². The molecule has 0 aliphatic carbocycles. The van der Waals surface area contributed by atoms with Gasteiger partial charge in [0.15, 0.2) is 4.34 Å². The van der Waals surface area contributed by atoms with Crippen LogP contribution in [0.3, 0.4) is 0 Å². The van der Waals surface area contributed by atoms with Gasteiger partial charge in [-0.3, -0.25) is 9.59 Å². The summed E-state index contributed by atoms with van der Waals surface area (Å²) in [5, 5.41) is 11.8. The first-order valence-corrected chi connectivity index (χ1v) is 10.9. The van der Waals surface area contributed by atoms with Crippen LogP contribution in [0.5, 0.6) is 0 Å². The quantitative estimate of drug-likeness (QED) is 0.694. The summed E-state index contributed by atoms with van der Waals surface area (Å²) in [6, 6.07) is 3.05. The first-order chi connectivity index (χ1) is 13.8. The number of hydrogen-bond donors (Lipinski definition) is 1. The molecule has 1 aromatic carbocycles. The number of benzene rings is 1. The van der Waals surface area contributed by atoms with Crippen LogP contribution in [0.4, 0.5) is 13.9 Å². The molecule has 0 spiro atoms. The maximum atomic E-state index is 13.9. The minimum atomic E-state index is -0.857. The monoisotopic (exact) mass is 441 g/mol. The van der Waals surface area contributed by atoms with Crippen LogP contribution < -0.4 is 10.2 Å². The maximum absolute atomic E-state index is 13.9. The van der Waals surface area contributed by atoms with Gasteiger partial charge < -0.3 is 15.1 Å². The summed E-state index contributed by atoms with van der Waals surface area (Å²) in [7, 11) is 0. The Bertz CT molecular complexity index is 885. The minimum Gasteiger partial charge on any atom is -0.353 e. The number of aromatic nitrogens is 2. The van der Waals surface area contributed by atoms with Gasteiger partial charge in [0, 0.05) is 38.3 Å². The van der Waals surface area contributed by atoms with E-state index in [9.17, 15) is 18.4 Å². The van der Waals surface area contributed by atoms with E-state index in [1.165, 1.54) is 29.2 Å². The highest BCUT2D eigenvalue weighted by Crippen LogP contribution is 2.28. The normalized spacial score (nSPS) is 14.4. The second kappa shape index (κ2) is 9.49. The molecule has 1 aliphatic heterocycles. The van der Waals surface area contributed by atoms with Crippen molar-refractivity contribution in [3.05, 3.63) is 35.4 Å². The van der Waals surface area contributed by atoms with E-state index in [4.69, 9.17) is 0 Å². The molecule has 1 fully saturated rings. The molecule has 1 aliphatic rings. The molecule has 1 saturated heterocycles. The van der Waals surface area contributed by atoms with E-state index in [0.717, 1.165) is 11.2 Å². The molecule has 2 heterocycles. The summed E-state index contributed by atoms with van der Waals surface area (Å²) in [6.45, 7) is 5.66. The first kappa shape index (κ1) is 21.4. The van der Waals surface area contributed by atoms with Crippen molar-refractivity contribution in [3.8, 4) is 0 Å². The molecule has 0 bridgehead atoms. The van der Waals surface area contributed by atoms with E-state index in [0.29, 0.717) is 36.6 Å². The van der Waals surface area contributed by atoms with Crippen molar-refractivity contribution >= 4 is 40.0 Å². The average molecular weight is 442 g/mol. The Labute approximate surface area is 175 Å². The number of hydrogen-bond acceptors (Lipinski definition) is 7. The van der Waals surface area contributed by atoms with Crippen LogP contribution in [0, 0.1) is 11.6 Å². The van der Waals surface area contributed by atoms with Crippen molar-refractivity contribution in [1.82, 2.24) is 20.4 Å². The maximum Gasteiger partial charge on any atom is 0.256 e. The molecule has 0 radical (unpaired) electrons. The molecule has 2 aromatic rings. The Morgan fingerprint density at radius 3 is 2.59 bits per heavy atom. The van der Waals surface area contributed by atoms with Gasteiger partial charge in [0.1, 0.15) is 11.6 Å². The first-order valence-electron chi connectivity index (χ1n) is 9.08. The highest BCUT2D eigenvalue weighted by molar-refractivity contribution is 8.01. The van der Waals surface area contributed by atoms with Gasteiger partial charge >= 0.3 is 0 Å². The predicted molar refractivity (Wildman–Crippen MR) is 108 cm³/mol. The third-order valence-electron chi connectivity index (χ3n) is 4.17. The molecular formula is C18H21F2N5O2S2. The van der Waals surface area contributed by atoms with E-state index in [-0.39, 0.29) is 23.3 Å². The van der Waals surface area contributed by atoms with Gasteiger partial charge in [0.25, 0.3) is 5.91 Å². The van der Waals surface area contributed by atoms with Crippen LogP contribution in [0.1, 0.15) is 24.2 Å². The number of carbonyl (C=O) groups is 2. The molecule has 1 aromatic heterocycles. The van der Waals surface area contributed by atoms with Crippen LogP contribution in [-0.2, 0) is 4.79 Å². The standard InChI is InChI=1S/C18H21F2N5O2S2/c1-11(2)21-15(26)10-28-18-23-22-17(29-18)25-7-5-24(6-8-25)16(27)13-4-3-12(19)9-14(13)20/h3-4,9,11H,5-8,10H2,1-2H3,(H,21,26). The van der Waals surface area contributed by atoms with E-state index >= 15 is 0 Å². The SMILES string of the molecule is CC(C)NC(=O)CSc1nnc(N2CCN(C(=O)c3ccc(F)cc3F)CC2)s1. The summed E-state index contributed by atoms with van der Waals surface area (Å²) in [5.41, 5.74) is -0.130. The fourth-order valence-electron chi connectivity index (χ4n) is 2.81. The van der Waals surface area contributed by atoms with Gasteiger partial charge in [0.05, 0.1) is 11.3 Å². The summed E-state index contributed by atoms with van der Waals surface area (Å²) >= 11 is 2.72. The Morgan fingerprint density at radius 2 is 1.93 bits per heavy atom.